The lowest BCUT2D eigenvalue weighted by Gasteiger charge is -2.08. The lowest BCUT2D eigenvalue weighted by molar-refractivity contribution is -0.192. The second kappa shape index (κ2) is 8.13. The predicted molar refractivity (Wildman–Crippen MR) is 93.1 cm³/mol. The van der Waals surface area contributed by atoms with Crippen LogP contribution in [0.4, 0.5) is 13.2 Å². The van der Waals surface area contributed by atoms with Gasteiger partial charge in [-0.05, 0) is 29.8 Å². The van der Waals surface area contributed by atoms with Crippen molar-refractivity contribution in [3.63, 3.8) is 0 Å². The molecule has 0 spiro atoms. The fraction of sp³-hybridized carbons (Fsp3) is 0.111. The minimum atomic E-state index is -5.08. The highest BCUT2D eigenvalue weighted by molar-refractivity contribution is 6.30. The van der Waals surface area contributed by atoms with Crippen molar-refractivity contribution >= 4 is 34.4 Å². The Morgan fingerprint density at radius 1 is 1.00 bits per heavy atom. The number of hydrogen-bond acceptors (Lipinski definition) is 2. The number of hydrogen-bond donors (Lipinski definition) is 2. The Hall–Kier alpha value is -3.00. The summed E-state index contributed by atoms with van der Waals surface area (Å²) in [6.45, 7) is 0.506. The van der Waals surface area contributed by atoms with Crippen molar-refractivity contribution in [1.29, 1.82) is 0 Å². The largest absolute Gasteiger partial charge is 0.490 e. The van der Waals surface area contributed by atoms with E-state index in [0.29, 0.717) is 17.3 Å². The summed E-state index contributed by atoms with van der Waals surface area (Å²) in [5.41, 5.74) is 2.22. The molecule has 27 heavy (non-hydrogen) atoms. The molecule has 2 aromatic carbocycles. The molecule has 0 atom stereocenters. The maximum atomic E-state index is 11.4. The third kappa shape index (κ3) is 5.24. The quantitative estimate of drug-likeness (QED) is 0.670. The average Bonchev–Trinajstić information content (AvgIpc) is 2.96. The van der Waals surface area contributed by atoms with Crippen molar-refractivity contribution in [3.05, 3.63) is 70.9 Å². The van der Waals surface area contributed by atoms with E-state index in [1.807, 2.05) is 48.5 Å². The van der Waals surface area contributed by atoms with E-state index in [1.165, 1.54) is 0 Å². The van der Waals surface area contributed by atoms with Gasteiger partial charge in [0.15, 0.2) is 0 Å². The molecule has 0 radical (unpaired) electrons. The van der Waals surface area contributed by atoms with E-state index < -0.39 is 18.1 Å². The molecule has 2 N–H and O–H groups in total. The van der Waals surface area contributed by atoms with Crippen LogP contribution in [0.1, 0.15) is 16.1 Å². The molecule has 0 amide bonds. The number of carboxylic acids is 2. The first-order valence-corrected chi connectivity index (χ1v) is 7.83. The molecule has 142 valence electrons. The van der Waals surface area contributed by atoms with Gasteiger partial charge in [-0.15, -0.1) is 0 Å². The highest BCUT2D eigenvalue weighted by Crippen LogP contribution is 2.22. The van der Waals surface area contributed by atoms with Gasteiger partial charge >= 0.3 is 18.1 Å². The van der Waals surface area contributed by atoms with Crippen LogP contribution >= 0.6 is 11.6 Å². The Morgan fingerprint density at radius 3 is 2.07 bits per heavy atom. The fourth-order valence-electron chi connectivity index (χ4n) is 2.33. The molecule has 0 saturated heterocycles. The zero-order chi connectivity index (χ0) is 20.2. The van der Waals surface area contributed by atoms with Crippen LogP contribution in [0.25, 0.3) is 10.9 Å². The Labute approximate surface area is 156 Å². The minimum Gasteiger partial charge on any atom is -0.477 e. The average molecular weight is 400 g/mol. The standard InChI is InChI=1S/C16H12ClNO2.C2HF3O2/c17-13-7-5-11(6-8-13)10-18-14-4-2-1-3-12(14)9-15(18)16(19)20;3-2(4,5)1(6)7/h1-9H,10H2,(H,19,20);(H,6,7). The van der Waals surface area contributed by atoms with E-state index in [2.05, 4.69) is 0 Å². The van der Waals surface area contributed by atoms with Crippen LogP contribution in [0.3, 0.4) is 0 Å². The molecule has 0 saturated carbocycles. The summed E-state index contributed by atoms with van der Waals surface area (Å²) in [5, 5.41) is 18.1. The molecule has 3 aromatic rings. The number of aromatic nitrogens is 1. The topological polar surface area (TPSA) is 79.5 Å². The number of benzene rings is 2. The Balaban J connectivity index is 0.000000321. The molecule has 0 aliphatic heterocycles. The summed E-state index contributed by atoms with van der Waals surface area (Å²) in [5.74, 6) is -3.68. The summed E-state index contributed by atoms with van der Waals surface area (Å²) in [4.78, 5) is 20.3. The third-order valence-corrected chi connectivity index (χ3v) is 3.78. The van der Waals surface area contributed by atoms with Gasteiger partial charge < -0.3 is 14.8 Å². The van der Waals surface area contributed by atoms with E-state index in [0.717, 1.165) is 16.5 Å². The number of para-hydroxylation sites is 1. The Kier molecular flexibility index (Phi) is 6.12. The number of nitrogens with zero attached hydrogens (tertiary/aromatic N) is 1. The zero-order valence-electron chi connectivity index (χ0n) is 13.6. The lowest BCUT2D eigenvalue weighted by atomic mass is 10.2. The highest BCUT2D eigenvalue weighted by atomic mass is 35.5. The second-order valence-corrected chi connectivity index (χ2v) is 5.85. The molecule has 0 bridgehead atoms. The molecule has 0 unspecified atom stereocenters. The maximum absolute atomic E-state index is 11.4. The number of aromatic carboxylic acids is 1. The van der Waals surface area contributed by atoms with Gasteiger partial charge in [-0.25, -0.2) is 9.59 Å². The fourth-order valence-corrected chi connectivity index (χ4v) is 2.46. The molecule has 1 aromatic heterocycles. The van der Waals surface area contributed by atoms with Crippen LogP contribution in [-0.4, -0.2) is 32.9 Å². The van der Waals surface area contributed by atoms with E-state index in [4.69, 9.17) is 21.5 Å². The molecule has 9 heteroatoms. The van der Waals surface area contributed by atoms with Crippen LogP contribution in [0.5, 0.6) is 0 Å². The van der Waals surface area contributed by atoms with Crippen molar-refractivity contribution in [2.45, 2.75) is 12.7 Å². The van der Waals surface area contributed by atoms with Crippen LogP contribution in [0, 0.1) is 0 Å². The summed E-state index contributed by atoms with van der Waals surface area (Å²) in [6.07, 6.45) is -5.08. The van der Waals surface area contributed by atoms with Crippen molar-refractivity contribution in [2.75, 3.05) is 0 Å². The summed E-state index contributed by atoms with van der Waals surface area (Å²) in [7, 11) is 0. The molecular formula is C18H13ClF3NO4. The number of alkyl halides is 3. The molecule has 1 heterocycles. The second-order valence-electron chi connectivity index (χ2n) is 5.41. The van der Waals surface area contributed by atoms with E-state index in [1.54, 1.807) is 10.6 Å². The van der Waals surface area contributed by atoms with Crippen LogP contribution < -0.4 is 0 Å². The molecule has 0 fully saturated rings. The molecule has 3 rings (SSSR count). The van der Waals surface area contributed by atoms with Gasteiger partial charge in [0, 0.05) is 22.5 Å². The number of rotatable bonds is 3. The van der Waals surface area contributed by atoms with Crippen molar-refractivity contribution in [2.24, 2.45) is 0 Å². The predicted octanol–water partition coefficient (Wildman–Crippen LogP) is 4.67. The Bertz CT molecular complexity index is 965. The number of halogens is 4. The molecule has 0 aliphatic carbocycles. The SMILES string of the molecule is O=C(O)C(F)(F)F.O=C(O)c1cc2ccccc2n1Cc1ccc(Cl)cc1. The van der Waals surface area contributed by atoms with E-state index in [9.17, 15) is 23.1 Å². The first-order chi connectivity index (χ1) is 12.6. The first-order valence-electron chi connectivity index (χ1n) is 7.45. The van der Waals surface area contributed by atoms with Gasteiger partial charge in [-0.1, -0.05) is 41.9 Å². The summed E-state index contributed by atoms with van der Waals surface area (Å²) >= 11 is 5.87. The van der Waals surface area contributed by atoms with Gasteiger partial charge in [0.1, 0.15) is 5.69 Å². The van der Waals surface area contributed by atoms with Crippen molar-refractivity contribution in [3.8, 4) is 0 Å². The number of carbonyl (C=O) groups is 2. The van der Waals surface area contributed by atoms with Crippen molar-refractivity contribution in [1.82, 2.24) is 4.57 Å². The summed E-state index contributed by atoms with van der Waals surface area (Å²) < 4.78 is 33.5. The first kappa shape index (κ1) is 20.3. The maximum Gasteiger partial charge on any atom is 0.490 e. The Morgan fingerprint density at radius 2 is 1.56 bits per heavy atom. The van der Waals surface area contributed by atoms with Gasteiger partial charge in [0.25, 0.3) is 0 Å². The molecule has 5 nitrogen and oxygen atoms in total. The number of aliphatic carboxylic acids is 1. The van der Waals surface area contributed by atoms with Crippen LogP contribution in [0.15, 0.2) is 54.6 Å². The molecule has 0 aliphatic rings. The van der Waals surface area contributed by atoms with Crippen LogP contribution in [0.2, 0.25) is 5.02 Å². The van der Waals surface area contributed by atoms with Gasteiger partial charge in [-0.2, -0.15) is 13.2 Å². The molecular weight excluding hydrogens is 387 g/mol. The van der Waals surface area contributed by atoms with E-state index in [-0.39, 0.29) is 0 Å². The highest BCUT2D eigenvalue weighted by Gasteiger charge is 2.38. The zero-order valence-corrected chi connectivity index (χ0v) is 14.3. The summed E-state index contributed by atoms with van der Waals surface area (Å²) in [6, 6.07) is 16.8. The van der Waals surface area contributed by atoms with Crippen molar-refractivity contribution < 1.29 is 33.0 Å². The monoisotopic (exact) mass is 399 g/mol. The third-order valence-electron chi connectivity index (χ3n) is 3.53. The van der Waals surface area contributed by atoms with Crippen LogP contribution in [-0.2, 0) is 11.3 Å². The lowest BCUT2D eigenvalue weighted by Crippen LogP contribution is -2.21. The van der Waals surface area contributed by atoms with E-state index >= 15 is 0 Å². The smallest absolute Gasteiger partial charge is 0.477 e. The number of fused-ring (bicyclic) bond motifs is 1. The van der Waals surface area contributed by atoms with Gasteiger partial charge in [0.2, 0.25) is 0 Å². The van der Waals surface area contributed by atoms with Gasteiger partial charge in [-0.3, -0.25) is 0 Å². The number of carboxylic acid groups (broad SMARTS) is 2. The van der Waals surface area contributed by atoms with Gasteiger partial charge in [0.05, 0.1) is 0 Å². The minimum absolute atomic E-state index is 0.293. The normalized spacial score (nSPS) is 11.0.